The lowest BCUT2D eigenvalue weighted by Gasteiger charge is -2.41. The maximum absolute atomic E-state index is 5.38. The third-order valence-corrected chi connectivity index (χ3v) is 4.96. The largest absolute Gasteiger partial charge is 0.497 e. The highest BCUT2D eigenvalue weighted by Gasteiger charge is 2.29. The molecule has 2 aliphatic heterocycles. The summed E-state index contributed by atoms with van der Waals surface area (Å²) in [6, 6.07) is 10.4. The summed E-state index contributed by atoms with van der Waals surface area (Å²) >= 11 is 0. The first kappa shape index (κ1) is 17.6. The third kappa shape index (κ3) is 3.84. The van der Waals surface area contributed by atoms with Crippen LogP contribution in [0.25, 0.3) is 0 Å². The average molecular weight is 364 g/mol. The lowest BCUT2D eigenvalue weighted by Crippen LogP contribution is -2.54. The molecule has 140 valence electrons. The minimum absolute atomic E-state index is 0.0461. The van der Waals surface area contributed by atoms with Gasteiger partial charge in [0, 0.05) is 45.1 Å². The van der Waals surface area contributed by atoms with Crippen LogP contribution in [-0.4, -0.2) is 65.6 Å². The molecule has 0 amide bonds. The van der Waals surface area contributed by atoms with Crippen molar-refractivity contribution in [3.63, 3.8) is 0 Å². The van der Waals surface area contributed by atoms with Crippen LogP contribution in [0.15, 0.2) is 60.1 Å². The Bertz CT molecular complexity index is 837. The standard InChI is InChI=1S/C20H24N6O/c1-25-10-7-18(17-6-8-21-14-23-17)24-20(25)26-11-9-22-19(13-26)15-4-3-5-16(12-15)27-2/h3-8,10,12,14,19-20,22H,9,11,13H2,1-2H3. The monoisotopic (exact) mass is 364 g/mol. The Kier molecular flexibility index (Phi) is 5.13. The van der Waals surface area contributed by atoms with Gasteiger partial charge >= 0.3 is 0 Å². The summed E-state index contributed by atoms with van der Waals surface area (Å²) in [4.78, 5) is 17.8. The molecule has 2 unspecified atom stereocenters. The number of nitrogens with zero attached hydrogens (tertiary/aromatic N) is 5. The number of hydrogen-bond donors (Lipinski definition) is 1. The first-order valence-electron chi connectivity index (χ1n) is 9.10. The number of piperazine rings is 1. The van der Waals surface area contributed by atoms with Crippen molar-refractivity contribution in [1.82, 2.24) is 25.1 Å². The zero-order valence-electron chi connectivity index (χ0n) is 15.6. The Morgan fingerprint density at radius 2 is 2.19 bits per heavy atom. The van der Waals surface area contributed by atoms with E-state index >= 15 is 0 Å². The van der Waals surface area contributed by atoms with Crippen LogP contribution in [0.3, 0.4) is 0 Å². The molecule has 0 aliphatic carbocycles. The van der Waals surface area contributed by atoms with Gasteiger partial charge in [-0.15, -0.1) is 0 Å². The molecule has 2 aromatic rings. The van der Waals surface area contributed by atoms with Crippen molar-refractivity contribution in [3.05, 3.63) is 66.4 Å². The SMILES string of the molecule is COc1cccc(C2CN(C3N=C(c4ccncn4)C=CN3C)CCN2)c1. The van der Waals surface area contributed by atoms with Crippen LogP contribution < -0.4 is 10.1 Å². The first-order valence-corrected chi connectivity index (χ1v) is 9.10. The smallest absolute Gasteiger partial charge is 0.178 e. The Hall–Kier alpha value is -2.77. The molecule has 3 heterocycles. The van der Waals surface area contributed by atoms with E-state index < -0.39 is 0 Å². The van der Waals surface area contributed by atoms with Gasteiger partial charge in [0.1, 0.15) is 12.1 Å². The molecular weight excluding hydrogens is 340 g/mol. The molecule has 0 spiro atoms. The fourth-order valence-corrected chi connectivity index (χ4v) is 3.52. The van der Waals surface area contributed by atoms with E-state index in [1.54, 1.807) is 19.6 Å². The molecule has 1 fully saturated rings. The Morgan fingerprint density at radius 1 is 1.26 bits per heavy atom. The van der Waals surface area contributed by atoms with Gasteiger partial charge in [0.15, 0.2) is 6.29 Å². The van der Waals surface area contributed by atoms with Gasteiger partial charge in [0.2, 0.25) is 0 Å². The second-order valence-electron chi connectivity index (χ2n) is 6.71. The van der Waals surface area contributed by atoms with E-state index in [0.29, 0.717) is 0 Å². The van der Waals surface area contributed by atoms with E-state index in [4.69, 9.17) is 9.73 Å². The normalized spacial score (nSPS) is 23.2. The minimum atomic E-state index is -0.0461. The van der Waals surface area contributed by atoms with Crippen LogP contribution >= 0.6 is 0 Å². The molecule has 4 rings (SSSR count). The fraction of sp³-hybridized carbons (Fsp3) is 0.350. The molecule has 1 saturated heterocycles. The fourth-order valence-electron chi connectivity index (χ4n) is 3.52. The van der Waals surface area contributed by atoms with Crippen LogP contribution in [0.2, 0.25) is 0 Å². The second-order valence-corrected chi connectivity index (χ2v) is 6.71. The maximum atomic E-state index is 5.38. The van der Waals surface area contributed by atoms with E-state index in [-0.39, 0.29) is 12.3 Å². The molecular formula is C20H24N6O. The van der Waals surface area contributed by atoms with E-state index in [1.807, 2.05) is 24.3 Å². The number of rotatable bonds is 4. The van der Waals surface area contributed by atoms with Crippen molar-refractivity contribution in [1.29, 1.82) is 0 Å². The van der Waals surface area contributed by atoms with Gasteiger partial charge in [-0.3, -0.25) is 4.90 Å². The van der Waals surface area contributed by atoms with E-state index in [9.17, 15) is 0 Å². The zero-order valence-corrected chi connectivity index (χ0v) is 15.6. The highest BCUT2D eigenvalue weighted by Crippen LogP contribution is 2.24. The summed E-state index contributed by atoms with van der Waals surface area (Å²) in [5.41, 5.74) is 2.96. The molecule has 1 aromatic carbocycles. The lowest BCUT2D eigenvalue weighted by atomic mass is 10.0. The van der Waals surface area contributed by atoms with E-state index in [0.717, 1.165) is 36.8 Å². The maximum Gasteiger partial charge on any atom is 0.178 e. The van der Waals surface area contributed by atoms with Crippen molar-refractivity contribution < 1.29 is 4.74 Å². The van der Waals surface area contributed by atoms with Crippen LogP contribution in [0.5, 0.6) is 5.75 Å². The second kappa shape index (κ2) is 7.85. The summed E-state index contributed by atoms with van der Waals surface area (Å²) in [6.45, 7) is 2.72. The highest BCUT2D eigenvalue weighted by molar-refractivity contribution is 6.07. The molecule has 0 bridgehead atoms. The Balaban J connectivity index is 1.54. The molecule has 2 atom stereocenters. The van der Waals surface area contributed by atoms with Crippen LogP contribution in [-0.2, 0) is 0 Å². The number of aromatic nitrogens is 2. The molecule has 27 heavy (non-hydrogen) atoms. The topological polar surface area (TPSA) is 65.9 Å². The average Bonchev–Trinajstić information content (AvgIpc) is 2.75. The van der Waals surface area contributed by atoms with Gasteiger partial charge in [0.05, 0.1) is 18.5 Å². The summed E-state index contributed by atoms with van der Waals surface area (Å²) in [7, 11) is 3.76. The van der Waals surface area contributed by atoms with Gasteiger partial charge in [-0.25, -0.2) is 15.0 Å². The number of benzene rings is 1. The molecule has 0 radical (unpaired) electrons. The number of hydrogen-bond acceptors (Lipinski definition) is 7. The van der Waals surface area contributed by atoms with Gasteiger partial charge in [-0.05, 0) is 29.8 Å². The summed E-state index contributed by atoms with van der Waals surface area (Å²) in [6.07, 6.45) is 7.33. The molecule has 1 aromatic heterocycles. The first-order chi connectivity index (χ1) is 13.2. The summed E-state index contributed by atoms with van der Waals surface area (Å²) in [5, 5.41) is 3.61. The van der Waals surface area contributed by atoms with Crippen molar-refractivity contribution in [2.45, 2.75) is 12.3 Å². The lowest BCUT2D eigenvalue weighted by molar-refractivity contribution is 0.0683. The van der Waals surface area contributed by atoms with Crippen LogP contribution in [0, 0.1) is 0 Å². The summed E-state index contributed by atoms with van der Waals surface area (Å²) < 4.78 is 5.38. The van der Waals surface area contributed by atoms with Crippen LogP contribution in [0.1, 0.15) is 17.3 Å². The number of aliphatic imine (C=N–C) groups is 1. The minimum Gasteiger partial charge on any atom is -0.497 e. The van der Waals surface area contributed by atoms with Crippen molar-refractivity contribution >= 4 is 5.71 Å². The van der Waals surface area contributed by atoms with E-state index in [2.05, 4.69) is 50.5 Å². The Morgan fingerprint density at radius 3 is 3.00 bits per heavy atom. The van der Waals surface area contributed by atoms with Gasteiger partial charge in [0.25, 0.3) is 0 Å². The number of nitrogens with one attached hydrogen (secondary N) is 1. The molecule has 2 aliphatic rings. The molecule has 0 saturated carbocycles. The molecule has 1 N–H and O–H groups in total. The predicted molar refractivity (Wildman–Crippen MR) is 105 cm³/mol. The van der Waals surface area contributed by atoms with Gasteiger partial charge in [-0.2, -0.15) is 0 Å². The quantitative estimate of drug-likeness (QED) is 0.890. The molecule has 7 nitrogen and oxygen atoms in total. The third-order valence-electron chi connectivity index (χ3n) is 4.96. The predicted octanol–water partition coefficient (Wildman–Crippen LogP) is 1.66. The molecule has 7 heteroatoms. The van der Waals surface area contributed by atoms with Crippen molar-refractivity contribution in [3.8, 4) is 5.75 Å². The summed E-state index contributed by atoms with van der Waals surface area (Å²) in [5.74, 6) is 0.883. The Labute approximate surface area is 159 Å². The van der Waals surface area contributed by atoms with Crippen molar-refractivity contribution in [2.75, 3.05) is 33.8 Å². The van der Waals surface area contributed by atoms with Gasteiger partial charge in [-0.1, -0.05) is 12.1 Å². The number of allylic oxidation sites excluding steroid dienone is 1. The van der Waals surface area contributed by atoms with Gasteiger partial charge < -0.3 is 15.0 Å². The van der Waals surface area contributed by atoms with Crippen molar-refractivity contribution in [2.24, 2.45) is 4.99 Å². The highest BCUT2D eigenvalue weighted by atomic mass is 16.5. The number of ether oxygens (including phenoxy) is 1. The van der Waals surface area contributed by atoms with Crippen LogP contribution in [0.4, 0.5) is 0 Å². The zero-order chi connectivity index (χ0) is 18.6. The van der Waals surface area contributed by atoms with E-state index in [1.165, 1.54) is 5.56 Å². The number of methoxy groups -OCH3 is 1.